The van der Waals surface area contributed by atoms with E-state index >= 15 is 0 Å². The van der Waals surface area contributed by atoms with Crippen molar-refractivity contribution in [2.24, 2.45) is 11.8 Å². The van der Waals surface area contributed by atoms with Crippen LogP contribution in [0.1, 0.15) is 58.8 Å². The van der Waals surface area contributed by atoms with Crippen molar-refractivity contribution in [2.75, 3.05) is 26.2 Å². The van der Waals surface area contributed by atoms with Gasteiger partial charge < -0.3 is 10.2 Å². The van der Waals surface area contributed by atoms with Gasteiger partial charge in [0.2, 0.25) is 0 Å². The third-order valence-corrected chi connectivity index (χ3v) is 5.10. The Morgan fingerprint density at radius 2 is 1.89 bits per heavy atom. The van der Waals surface area contributed by atoms with Crippen molar-refractivity contribution in [2.45, 2.75) is 64.8 Å². The monoisotopic (exact) mass is 252 g/mol. The Bertz CT molecular complexity index is 221. The highest BCUT2D eigenvalue weighted by Gasteiger charge is 2.20. The van der Waals surface area contributed by atoms with Gasteiger partial charge in [-0.25, -0.2) is 0 Å². The first-order chi connectivity index (χ1) is 8.78. The SMILES string of the molecule is CCC1CCCC(NCCN2CCC(C)CC2)C1. The van der Waals surface area contributed by atoms with Crippen molar-refractivity contribution in [1.29, 1.82) is 0 Å². The first-order valence-corrected chi connectivity index (χ1v) is 8.23. The fourth-order valence-corrected chi connectivity index (χ4v) is 3.56. The van der Waals surface area contributed by atoms with Crippen LogP contribution in [0.2, 0.25) is 0 Å². The standard InChI is InChI=1S/C16H32N2/c1-3-15-5-4-6-16(13-15)17-9-12-18-10-7-14(2)8-11-18/h14-17H,3-13H2,1-2H3. The summed E-state index contributed by atoms with van der Waals surface area (Å²) in [6.45, 7) is 9.86. The van der Waals surface area contributed by atoms with Gasteiger partial charge >= 0.3 is 0 Å². The molecule has 2 aliphatic rings. The summed E-state index contributed by atoms with van der Waals surface area (Å²) < 4.78 is 0. The van der Waals surface area contributed by atoms with Crippen molar-refractivity contribution >= 4 is 0 Å². The molecule has 2 heteroatoms. The fraction of sp³-hybridized carbons (Fsp3) is 1.00. The van der Waals surface area contributed by atoms with Crippen LogP contribution in [-0.2, 0) is 0 Å². The van der Waals surface area contributed by atoms with Gasteiger partial charge in [-0.1, -0.05) is 33.1 Å². The van der Waals surface area contributed by atoms with E-state index < -0.39 is 0 Å². The summed E-state index contributed by atoms with van der Waals surface area (Å²) in [6, 6.07) is 0.812. The first kappa shape index (κ1) is 14.3. The van der Waals surface area contributed by atoms with E-state index in [1.807, 2.05) is 0 Å². The molecule has 0 aromatic rings. The highest BCUT2D eigenvalue weighted by Crippen LogP contribution is 2.26. The molecule has 1 saturated heterocycles. The molecule has 0 spiro atoms. The summed E-state index contributed by atoms with van der Waals surface area (Å²) in [5, 5.41) is 3.80. The van der Waals surface area contributed by atoms with Crippen LogP contribution >= 0.6 is 0 Å². The summed E-state index contributed by atoms with van der Waals surface area (Å²) in [6.07, 6.45) is 9.93. The van der Waals surface area contributed by atoms with E-state index in [0.29, 0.717) is 0 Å². The fourth-order valence-electron chi connectivity index (χ4n) is 3.56. The second kappa shape index (κ2) is 7.49. The Labute approximate surface area is 114 Å². The number of piperidine rings is 1. The zero-order valence-electron chi connectivity index (χ0n) is 12.5. The van der Waals surface area contributed by atoms with Gasteiger partial charge in [0.25, 0.3) is 0 Å². The Kier molecular flexibility index (Phi) is 5.97. The van der Waals surface area contributed by atoms with Gasteiger partial charge in [-0.15, -0.1) is 0 Å². The van der Waals surface area contributed by atoms with Gasteiger partial charge in [0.15, 0.2) is 0 Å². The topological polar surface area (TPSA) is 15.3 Å². The van der Waals surface area contributed by atoms with Gasteiger partial charge in [-0.05, 0) is 50.6 Å². The summed E-state index contributed by atoms with van der Waals surface area (Å²) in [5.74, 6) is 1.95. The third-order valence-electron chi connectivity index (χ3n) is 5.10. The minimum absolute atomic E-state index is 0.812. The van der Waals surface area contributed by atoms with Crippen molar-refractivity contribution in [3.8, 4) is 0 Å². The quantitative estimate of drug-likeness (QED) is 0.808. The zero-order chi connectivity index (χ0) is 12.8. The van der Waals surface area contributed by atoms with Gasteiger partial charge in [0.1, 0.15) is 0 Å². The lowest BCUT2D eigenvalue weighted by atomic mass is 9.84. The molecule has 2 fully saturated rings. The molecule has 0 radical (unpaired) electrons. The minimum atomic E-state index is 0.812. The second-order valence-electron chi connectivity index (χ2n) is 6.62. The number of likely N-dealkylation sites (tertiary alicyclic amines) is 1. The van der Waals surface area contributed by atoms with Crippen LogP contribution in [0.25, 0.3) is 0 Å². The molecule has 106 valence electrons. The molecule has 2 atom stereocenters. The number of hydrogen-bond acceptors (Lipinski definition) is 2. The Morgan fingerprint density at radius 3 is 2.61 bits per heavy atom. The molecule has 2 unspecified atom stereocenters. The predicted molar refractivity (Wildman–Crippen MR) is 78.9 cm³/mol. The van der Waals surface area contributed by atoms with E-state index in [0.717, 1.165) is 17.9 Å². The minimum Gasteiger partial charge on any atom is -0.313 e. The van der Waals surface area contributed by atoms with Crippen LogP contribution in [0.3, 0.4) is 0 Å². The maximum atomic E-state index is 3.80. The summed E-state index contributed by atoms with van der Waals surface area (Å²) >= 11 is 0. The maximum absolute atomic E-state index is 3.80. The second-order valence-corrected chi connectivity index (χ2v) is 6.62. The lowest BCUT2D eigenvalue weighted by molar-refractivity contribution is 0.186. The van der Waals surface area contributed by atoms with Gasteiger partial charge in [-0.3, -0.25) is 0 Å². The number of nitrogens with one attached hydrogen (secondary N) is 1. The Morgan fingerprint density at radius 1 is 1.11 bits per heavy atom. The zero-order valence-corrected chi connectivity index (χ0v) is 12.5. The number of rotatable bonds is 5. The Balaban J connectivity index is 1.57. The normalized spacial score (nSPS) is 31.7. The molecule has 1 aliphatic carbocycles. The van der Waals surface area contributed by atoms with Crippen LogP contribution in [0.15, 0.2) is 0 Å². The van der Waals surface area contributed by atoms with Crippen molar-refractivity contribution in [1.82, 2.24) is 10.2 Å². The first-order valence-electron chi connectivity index (χ1n) is 8.23. The number of nitrogens with zero attached hydrogens (tertiary/aromatic N) is 1. The van der Waals surface area contributed by atoms with Crippen LogP contribution in [0.5, 0.6) is 0 Å². The van der Waals surface area contributed by atoms with Crippen LogP contribution in [0.4, 0.5) is 0 Å². The molecule has 1 N–H and O–H groups in total. The maximum Gasteiger partial charge on any atom is 0.0107 e. The molecular weight excluding hydrogens is 220 g/mol. The van der Waals surface area contributed by atoms with Crippen LogP contribution in [-0.4, -0.2) is 37.1 Å². The van der Waals surface area contributed by atoms with E-state index in [1.165, 1.54) is 71.1 Å². The molecule has 0 amide bonds. The third kappa shape index (κ3) is 4.55. The summed E-state index contributed by atoms with van der Waals surface area (Å²) in [7, 11) is 0. The van der Waals surface area contributed by atoms with E-state index in [9.17, 15) is 0 Å². The van der Waals surface area contributed by atoms with Crippen molar-refractivity contribution in [3.63, 3.8) is 0 Å². The molecule has 1 heterocycles. The van der Waals surface area contributed by atoms with Crippen molar-refractivity contribution < 1.29 is 0 Å². The summed E-state index contributed by atoms with van der Waals surface area (Å²) in [5.41, 5.74) is 0. The van der Waals surface area contributed by atoms with Gasteiger partial charge in [0, 0.05) is 19.1 Å². The molecule has 0 aromatic heterocycles. The smallest absolute Gasteiger partial charge is 0.0107 e. The highest BCUT2D eigenvalue weighted by atomic mass is 15.1. The van der Waals surface area contributed by atoms with E-state index in [4.69, 9.17) is 0 Å². The molecule has 1 aliphatic heterocycles. The van der Waals surface area contributed by atoms with E-state index in [-0.39, 0.29) is 0 Å². The van der Waals surface area contributed by atoms with Gasteiger partial charge in [0.05, 0.1) is 0 Å². The van der Waals surface area contributed by atoms with E-state index in [2.05, 4.69) is 24.1 Å². The Hall–Kier alpha value is -0.0800. The predicted octanol–water partition coefficient (Wildman–Crippen LogP) is 3.28. The summed E-state index contributed by atoms with van der Waals surface area (Å²) in [4.78, 5) is 2.65. The van der Waals surface area contributed by atoms with Crippen LogP contribution in [0, 0.1) is 11.8 Å². The average molecular weight is 252 g/mol. The molecule has 18 heavy (non-hydrogen) atoms. The lowest BCUT2D eigenvalue weighted by Gasteiger charge is -2.32. The molecule has 0 aromatic carbocycles. The molecule has 2 rings (SSSR count). The molecule has 1 saturated carbocycles. The van der Waals surface area contributed by atoms with Crippen molar-refractivity contribution in [3.05, 3.63) is 0 Å². The number of hydrogen-bond donors (Lipinski definition) is 1. The highest BCUT2D eigenvalue weighted by molar-refractivity contribution is 4.78. The molecular formula is C16H32N2. The van der Waals surface area contributed by atoms with Crippen LogP contribution < -0.4 is 5.32 Å². The lowest BCUT2D eigenvalue weighted by Crippen LogP contribution is -2.41. The van der Waals surface area contributed by atoms with Gasteiger partial charge in [-0.2, -0.15) is 0 Å². The molecule has 2 nitrogen and oxygen atoms in total. The van der Waals surface area contributed by atoms with E-state index in [1.54, 1.807) is 0 Å². The molecule has 0 bridgehead atoms. The average Bonchev–Trinajstić information content (AvgIpc) is 2.41. The largest absolute Gasteiger partial charge is 0.313 e.